The summed E-state index contributed by atoms with van der Waals surface area (Å²) in [6, 6.07) is 9.59. The topological polar surface area (TPSA) is 44.4 Å². The lowest BCUT2D eigenvalue weighted by Gasteiger charge is -2.36. The van der Waals surface area contributed by atoms with Crippen molar-refractivity contribution in [2.45, 2.75) is 25.8 Å². The maximum absolute atomic E-state index is 12.3. The minimum atomic E-state index is -0.0742. The summed E-state index contributed by atoms with van der Waals surface area (Å²) in [4.78, 5) is 14.6. The standard InChI is InChI=1S/C16H25N3O/c1-13(16(20)18-15-8-4-3-5-9-15)19-10-6-7-14(12-19)11-17-2/h3-5,8-9,13-14,17H,6-7,10-12H2,1-2H3,(H,18,20). The van der Waals surface area contributed by atoms with Gasteiger partial charge in [0.05, 0.1) is 6.04 Å². The minimum Gasteiger partial charge on any atom is -0.325 e. The van der Waals surface area contributed by atoms with Gasteiger partial charge < -0.3 is 10.6 Å². The number of amides is 1. The van der Waals surface area contributed by atoms with Crippen molar-refractivity contribution < 1.29 is 4.79 Å². The molecule has 20 heavy (non-hydrogen) atoms. The first-order valence-corrected chi connectivity index (χ1v) is 7.45. The Kier molecular flexibility index (Phi) is 5.56. The first kappa shape index (κ1) is 15.0. The van der Waals surface area contributed by atoms with E-state index in [2.05, 4.69) is 15.5 Å². The van der Waals surface area contributed by atoms with E-state index in [-0.39, 0.29) is 11.9 Å². The molecule has 2 atom stereocenters. The van der Waals surface area contributed by atoms with Gasteiger partial charge in [0.1, 0.15) is 0 Å². The molecule has 1 aromatic carbocycles. The molecule has 110 valence electrons. The molecule has 0 radical (unpaired) electrons. The Bertz CT molecular complexity index is 419. The largest absolute Gasteiger partial charge is 0.325 e. The van der Waals surface area contributed by atoms with E-state index in [1.807, 2.05) is 44.3 Å². The number of hydrogen-bond donors (Lipinski definition) is 2. The van der Waals surface area contributed by atoms with Crippen LogP contribution in [0.1, 0.15) is 19.8 Å². The summed E-state index contributed by atoms with van der Waals surface area (Å²) in [6.45, 7) is 5.05. The lowest BCUT2D eigenvalue weighted by molar-refractivity contribution is -0.121. The quantitative estimate of drug-likeness (QED) is 0.863. The maximum Gasteiger partial charge on any atom is 0.241 e. The van der Waals surface area contributed by atoms with Crippen molar-refractivity contribution in [3.05, 3.63) is 30.3 Å². The van der Waals surface area contributed by atoms with Crippen LogP contribution >= 0.6 is 0 Å². The summed E-state index contributed by atoms with van der Waals surface area (Å²) in [6.07, 6.45) is 2.43. The van der Waals surface area contributed by atoms with Crippen LogP contribution in [0.4, 0.5) is 5.69 Å². The number of piperidine rings is 1. The molecule has 2 N–H and O–H groups in total. The summed E-state index contributed by atoms with van der Waals surface area (Å²) in [7, 11) is 1.99. The number of anilines is 1. The fraction of sp³-hybridized carbons (Fsp3) is 0.562. The number of likely N-dealkylation sites (tertiary alicyclic amines) is 1. The van der Waals surface area contributed by atoms with Crippen molar-refractivity contribution in [2.24, 2.45) is 5.92 Å². The van der Waals surface area contributed by atoms with E-state index >= 15 is 0 Å². The SMILES string of the molecule is CNCC1CCCN(C(C)C(=O)Nc2ccccc2)C1. The van der Waals surface area contributed by atoms with Crippen molar-refractivity contribution in [1.29, 1.82) is 0 Å². The molecule has 0 aromatic heterocycles. The average molecular weight is 275 g/mol. The normalized spacial score (nSPS) is 21.4. The number of para-hydroxylation sites is 1. The fourth-order valence-electron chi connectivity index (χ4n) is 2.84. The molecule has 0 bridgehead atoms. The predicted octanol–water partition coefficient (Wildman–Crippen LogP) is 1.94. The smallest absolute Gasteiger partial charge is 0.241 e. The maximum atomic E-state index is 12.3. The zero-order valence-electron chi connectivity index (χ0n) is 12.4. The molecule has 4 nitrogen and oxygen atoms in total. The van der Waals surface area contributed by atoms with E-state index in [0.717, 1.165) is 25.3 Å². The second-order valence-corrected chi connectivity index (χ2v) is 5.59. The molecule has 2 rings (SSSR count). The molecular formula is C16H25N3O. The van der Waals surface area contributed by atoms with Gasteiger partial charge >= 0.3 is 0 Å². The van der Waals surface area contributed by atoms with Gasteiger partial charge in [-0.1, -0.05) is 18.2 Å². The number of nitrogens with zero attached hydrogens (tertiary/aromatic N) is 1. The number of benzene rings is 1. The predicted molar refractivity (Wildman–Crippen MR) is 82.8 cm³/mol. The Hall–Kier alpha value is -1.39. The van der Waals surface area contributed by atoms with Gasteiger partial charge in [0.25, 0.3) is 0 Å². The molecule has 0 aliphatic carbocycles. The van der Waals surface area contributed by atoms with E-state index in [4.69, 9.17) is 0 Å². The third kappa shape index (κ3) is 4.05. The molecule has 1 aromatic rings. The summed E-state index contributed by atoms with van der Waals surface area (Å²) in [5.41, 5.74) is 0.869. The van der Waals surface area contributed by atoms with Gasteiger partial charge in [-0.3, -0.25) is 9.69 Å². The second kappa shape index (κ2) is 7.41. The van der Waals surface area contributed by atoms with Gasteiger partial charge in [-0.05, 0) is 58.0 Å². The van der Waals surface area contributed by atoms with Crippen LogP contribution in [0.25, 0.3) is 0 Å². The molecule has 1 aliphatic heterocycles. The Labute approximate surface area is 121 Å². The third-order valence-corrected chi connectivity index (χ3v) is 4.01. The van der Waals surface area contributed by atoms with E-state index < -0.39 is 0 Å². The van der Waals surface area contributed by atoms with Crippen LogP contribution in [0.3, 0.4) is 0 Å². The monoisotopic (exact) mass is 275 g/mol. The Morgan fingerprint density at radius 3 is 2.85 bits per heavy atom. The van der Waals surface area contributed by atoms with Crippen molar-refractivity contribution in [3.8, 4) is 0 Å². The average Bonchev–Trinajstić information content (AvgIpc) is 2.48. The van der Waals surface area contributed by atoms with E-state index in [0.29, 0.717) is 5.92 Å². The summed E-state index contributed by atoms with van der Waals surface area (Å²) >= 11 is 0. The van der Waals surface area contributed by atoms with Gasteiger partial charge in [0.15, 0.2) is 0 Å². The molecule has 1 heterocycles. The molecule has 0 spiro atoms. The summed E-state index contributed by atoms with van der Waals surface area (Å²) < 4.78 is 0. The van der Waals surface area contributed by atoms with Gasteiger partial charge in [0.2, 0.25) is 5.91 Å². The van der Waals surface area contributed by atoms with Crippen molar-refractivity contribution in [2.75, 3.05) is 32.0 Å². The van der Waals surface area contributed by atoms with Crippen LogP contribution in [-0.4, -0.2) is 43.5 Å². The number of nitrogens with one attached hydrogen (secondary N) is 2. The Balaban J connectivity index is 1.89. The van der Waals surface area contributed by atoms with Gasteiger partial charge in [-0.15, -0.1) is 0 Å². The molecule has 1 aliphatic rings. The lowest BCUT2D eigenvalue weighted by atomic mass is 9.96. The highest BCUT2D eigenvalue weighted by Crippen LogP contribution is 2.18. The van der Waals surface area contributed by atoms with Gasteiger partial charge in [-0.2, -0.15) is 0 Å². The number of rotatable bonds is 5. The molecule has 1 fully saturated rings. The van der Waals surface area contributed by atoms with Crippen molar-refractivity contribution >= 4 is 11.6 Å². The van der Waals surface area contributed by atoms with Crippen LogP contribution in [0.15, 0.2) is 30.3 Å². The van der Waals surface area contributed by atoms with E-state index in [1.54, 1.807) is 0 Å². The Morgan fingerprint density at radius 1 is 1.40 bits per heavy atom. The molecule has 1 saturated heterocycles. The first-order chi connectivity index (χ1) is 9.70. The zero-order valence-corrected chi connectivity index (χ0v) is 12.4. The minimum absolute atomic E-state index is 0.0742. The molecule has 2 unspecified atom stereocenters. The number of carbonyl (C=O) groups is 1. The van der Waals surface area contributed by atoms with Crippen molar-refractivity contribution in [1.82, 2.24) is 10.2 Å². The van der Waals surface area contributed by atoms with E-state index in [1.165, 1.54) is 12.8 Å². The highest BCUT2D eigenvalue weighted by Gasteiger charge is 2.26. The molecule has 0 saturated carbocycles. The van der Waals surface area contributed by atoms with Crippen LogP contribution in [0.2, 0.25) is 0 Å². The summed E-state index contributed by atoms with van der Waals surface area (Å²) in [5, 5.41) is 6.23. The van der Waals surface area contributed by atoms with Crippen LogP contribution < -0.4 is 10.6 Å². The Morgan fingerprint density at radius 2 is 2.15 bits per heavy atom. The molecular weight excluding hydrogens is 250 g/mol. The highest BCUT2D eigenvalue weighted by molar-refractivity contribution is 5.94. The lowest BCUT2D eigenvalue weighted by Crippen LogP contribution is -2.48. The fourth-order valence-corrected chi connectivity index (χ4v) is 2.84. The van der Waals surface area contributed by atoms with Crippen LogP contribution in [0, 0.1) is 5.92 Å². The van der Waals surface area contributed by atoms with E-state index in [9.17, 15) is 4.79 Å². The summed E-state index contributed by atoms with van der Waals surface area (Å²) in [5.74, 6) is 0.738. The van der Waals surface area contributed by atoms with Gasteiger partial charge in [-0.25, -0.2) is 0 Å². The second-order valence-electron chi connectivity index (χ2n) is 5.59. The van der Waals surface area contributed by atoms with Crippen LogP contribution in [-0.2, 0) is 4.79 Å². The van der Waals surface area contributed by atoms with Crippen molar-refractivity contribution in [3.63, 3.8) is 0 Å². The third-order valence-electron chi connectivity index (χ3n) is 4.01. The first-order valence-electron chi connectivity index (χ1n) is 7.45. The number of carbonyl (C=O) groups excluding carboxylic acids is 1. The molecule has 4 heteroatoms. The zero-order chi connectivity index (χ0) is 14.4. The van der Waals surface area contributed by atoms with Crippen LogP contribution in [0.5, 0.6) is 0 Å². The van der Waals surface area contributed by atoms with Gasteiger partial charge in [0, 0.05) is 12.2 Å². The molecule has 1 amide bonds. The highest BCUT2D eigenvalue weighted by atomic mass is 16.2. The number of hydrogen-bond acceptors (Lipinski definition) is 3.